The zero-order valence-corrected chi connectivity index (χ0v) is 18.1. The summed E-state index contributed by atoms with van der Waals surface area (Å²) in [4.78, 5) is 16.7. The largest absolute Gasteiger partial charge is 0.493 e. The van der Waals surface area contributed by atoms with Crippen LogP contribution in [0.15, 0.2) is 81.9 Å². The van der Waals surface area contributed by atoms with E-state index < -0.39 is 5.97 Å². The van der Waals surface area contributed by atoms with Crippen LogP contribution in [0.3, 0.4) is 0 Å². The second-order valence-corrected chi connectivity index (χ2v) is 7.52. The van der Waals surface area contributed by atoms with Crippen LogP contribution in [0.25, 0.3) is 6.08 Å². The molecular weight excluding hydrogens is 465 g/mol. The van der Waals surface area contributed by atoms with Gasteiger partial charge in [-0.05, 0) is 42.5 Å². The van der Waals surface area contributed by atoms with Gasteiger partial charge in [-0.15, -0.1) is 0 Å². The minimum absolute atomic E-state index is 0.00107. The van der Waals surface area contributed by atoms with Gasteiger partial charge in [-0.2, -0.15) is 0 Å². The number of benzene rings is 3. The Morgan fingerprint density at radius 1 is 1.06 bits per heavy atom. The number of halogens is 2. The van der Waals surface area contributed by atoms with E-state index in [2.05, 4.69) is 20.9 Å². The molecule has 0 fully saturated rings. The number of ether oxygens (including phenoxy) is 3. The molecule has 1 aliphatic rings. The Labute approximate surface area is 186 Å². The van der Waals surface area contributed by atoms with Crippen molar-refractivity contribution in [2.45, 2.75) is 6.61 Å². The third-order valence-corrected chi connectivity index (χ3v) is 5.09. The molecule has 0 N–H and O–H groups in total. The van der Waals surface area contributed by atoms with Crippen LogP contribution >= 0.6 is 15.9 Å². The smallest absolute Gasteiger partial charge is 0.363 e. The van der Waals surface area contributed by atoms with Gasteiger partial charge < -0.3 is 14.2 Å². The first-order valence-electron chi connectivity index (χ1n) is 9.37. The molecule has 0 saturated carbocycles. The van der Waals surface area contributed by atoms with Gasteiger partial charge in [0.1, 0.15) is 12.4 Å². The van der Waals surface area contributed by atoms with Crippen molar-refractivity contribution in [2.24, 2.45) is 4.99 Å². The maximum Gasteiger partial charge on any atom is 0.363 e. The number of hydrogen-bond acceptors (Lipinski definition) is 5. The Kier molecular flexibility index (Phi) is 6.13. The molecule has 5 nitrogen and oxygen atoms in total. The monoisotopic (exact) mass is 481 g/mol. The lowest BCUT2D eigenvalue weighted by Gasteiger charge is -2.14. The zero-order valence-electron chi connectivity index (χ0n) is 16.5. The van der Waals surface area contributed by atoms with E-state index in [-0.39, 0.29) is 24.0 Å². The van der Waals surface area contributed by atoms with E-state index in [1.165, 1.54) is 13.2 Å². The van der Waals surface area contributed by atoms with Crippen LogP contribution in [0.2, 0.25) is 0 Å². The summed E-state index contributed by atoms with van der Waals surface area (Å²) in [6.07, 6.45) is 1.56. The molecule has 0 radical (unpaired) electrons. The van der Waals surface area contributed by atoms with Crippen LogP contribution in [-0.2, 0) is 16.1 Å². The molecule has 0 saturated heterocycles. The third kappa shape index (κ3) is 4.67. The standard InChI is InChI=1S/C24H17BrFNO4/c1-29-21-8-4-6-16(22(21)30-14-17-5-2-3-7-19(17)26)13-20-24(28)31-23(27-20)15-9-11-18(25)12-10-15/h2-13H,14H2,1H3/b20-13-. The van der Waals surface area contributed by atoms with Crippen LogP contribution in [0.1, 0.15) is 16.7 Å². The van der Waals surface area contributed by atoms with Gasteiger partial charge in [-0.3, -0.25) is 0 Å². The Balaban J connectivity index is 1.66. The van der Waals surface area contributed by atoms with E-state index in [1.807, 2.05) is 12.1 Å². The summed E-state index contributed by atoms with van der Waals surface area (Å²) >= 11 is 3.37. The number of cyclic esters (lactones) is 1. The maximum absolute atomic E-state index is 14.0. The molecule has 3 aromatic rings. The minimum atomic E-state index is -0.569. The number of hydrogen-bond donors (Lipinski definition) is 0. The molecule has 0 amide bonds. The third-order valence-electron chi connectivity index (χ3n) is 4.56. The van der Waals surface area contributed by atoms with Gasteiger partial charge in [0, 0.05) is 21.2 Å². The van der Waals surface area contributed by atoms with Crippen LogP contribution in [0, 0.1) is 5.82 Å². The van der Waals surface area contributed by atoms with Crippen molar-refractivity contribution in [1.29, 1.82) is 0 Å². The number of rotatable bonds is 6. The number of aliphatic imine (C=N–C) groups is 1. The maximum atomic E-state index is 14.0. The van der Waals surface area contributed by atoms with E-state index in [1.54, 1.807) is 54.6 Å². The molecule has 7 heteroatoms. The Hall–Kier alpha value is -3.45. The first-order valence-corrected chi connectivity index (χ1v) is 10.2. The fourth-order valence-electron chi connectivity index (χ4n) is 3.00. The number of carbonyl (C=O) groups is 1. The van der Waals surface area contributed by atoms with Gasteiger partial charge in [0.05, 0.1) is 7.11 Å². The van der Waals surface area contributed by atoms with Gasteiger partial charge >= 0.3 is 5.97 Å². The highest BCUT2D eigenvalue weighted by Gasteiger charge is 2.25. The number of nitrogens with zero attached hydrogens (tertiary/aromatic N) is 1. The molecule has 156 valence electrons. The highest BCUT2D eigenvalue weighted by atomic mass is 79.9. The first-order chi connectivity index (χ1) is 15.0. The first kappa shape index (κ1) is 20.8. The van der Waals surface area contributed by atoms with Gasteiger partial charge in [0.25, 0.3) is 0 Å². The molecule has 1 heterocycles. The molecule has 3 aromatic carbocycles. The van der Waals surface area contributed by atoms with Crippen molar-refractivity contribution in [1.82, 2.24) is 0 Å². The van der Waals surface area contributed by atoms with Crippen LogP contribution in [0.4, 0.5) is 4.39 Å². The lowest BCUT2D eigenvalue weighted by Crippen LogP contribution is -2.05. The molecular formula is C24H17BrFNO4. The fourth-order valence-corrected chi connectivity index (χ4v) is 3.26. The second kappa shape index (κ2) is 9.14. The summed E-state index contributed by atoms with van der Waals surface area (Å²) in [6, 6.07) is 18.9. The van der Waals surface area contributed by atoms with E-state index in [9.17, 15) is 9.18 Å². The van der Waals surface area contributed by atoms with E-state index in [4.69, 9.17) is 14.2 Å². The summed E-state index contributed by atoms with van der Waals surface area (Å²) in [5.41, 5.74) is 1.77. The van der Waals surface area contributed by atoms with Crippen LogP contribution in [-0.4, -0.2) is 19.0 Å². The highest BCUT2D eigenvalue weighted by molar-refractivity contribution is 9.10. The van der Waals surface area contributed by atoms with Crippen molar-refractivity contribution < 1.29 is 23.4 Å². The van der Waals surface area contributed by atoms with Crippen molar-refractivity contribution in [3.63, 3.8) is 0 Å². The summed E-state index contributed by atoms with van der Waals surface area (Å²) < 4.78 is 31.5. The molecule has 0 spiro atoms. The van der Waals surface area contributed by atoms with E-state index >= 15 is 0 Å². The van der Waals surface area contributed by atoms with Crippen molar-refractivity contribution in [3.05, 3.63) is 99.4 Å². The average molecular weight is 482 g/mol. The van der Waals surface area contributed by atoms with Gasteiger partial charge in [-0.25, -0.2) is 14.2 Å². The SMILES string of the molecule is COc1cccc(/C=C2\N=C(c3ccc(Br)cc3)OC2=O)c1OCc1ccccc1F. The lowest BCUT2D eigenvalue weighted by atomic mass is 10.1. The van der Waals surface area contributed by atoms with Crippen LogP contribution < -0.4 is 9.47 Å². The Morgan fingerprint density at radius 3 is 2.58 bits per heavy atom. The molecule has 0 atom stereocenters. The summed E-state index contributed by atoms with van der Waals surface area (Å²) in [5, 5.41) is 0. The summed E-state index contributed by atoms with van der Waals surface area (Å²) in [5.74, 6) is 0.122. The number of carbonyl (C=O) groups excluding carboxylic acids is 1. The molecule has 0 aliphatic carbocycles. The predicted octanol–water partition coefficient (Wildman–Crippen LogP) is 5.52. The quantitative estimate of drug-likeness (QED) is 0.343. The molecule has 1 aliphatic heterocycles. The van der Waals surface area contributed by atoms with Gasteiger partial charge in [0.2, 0.25) is 5.90 Å². The summed E-state index contributed by atoms with van der Waals surface area (Å²) in [6.45, 7) is 0.00107. The number of para-hydroxylation sites is 1. The fraction of sp³-hybridized carbons (Fsp3) is 0.0833. The molecule has 0 aromatic heterocycles. The normalized spacial score (nSPS) is 14.4. The minimum Gasteiger partial charge on any atom is -0.493 e. The van der Waals surface area contributed by atoms with Crippen molar-refractivity contribution >= 4 is 33.9 Å². The Morgan fingerprint density at radius 2 is 1.84 bits per heavy atom. The van der Waals surface area contributed by atoms with Crippen molar-refractivity contribution in [3.8, 4) is 11.5 Å². The number of methoxy groups -OCH3 is 1. The highest BCUT2D eigenvalue weighted by Crippen LogP contribution is 2.34. The topological polar surface area (TPSA) is 57.1 Å². The molecule has 0 unspecified atom stereocenters. The van der Waals surface area contributed by atoms with Crippen molar-refractivity contribution in [2.75, 3.05) is 7.11 Å². The predicted molar refractivity (Wildman–Crippen MR) is 118 cm³/mol. The zero-order chi connectivity index (χ0) is 21.8. The Bertz CT molecular complexity index is 1190. The van der Waals surface area contributed by atoms with E-state index in [0.717, 1.165) is 4.47 Å². The second-order valence-electron chi connectivity index (χ2n) is 6.60. The average Bonchev–Trinajstić information content (AvgIpc) is 3.14. The molecule has 31 heavy (non-hydrogen) atoms. The number of esters is 1. The molecule has 4 rings (SSSR count). The lowest BCUT2D eigenvalue weighted by molar-refractivity contribution is -0.129. The van der Waals surface area contributed by atoms with Gasteiger partial charge in [0.15, 0.2) is 17.2 Å². The van der Waals surface area contributed by atoms with Crippen LogP contribution in [0.5, 0.6) is 11.5 Å². The molecule has 0 bridgehead atoms. The summed E-state index contributed by atoms with van der Waals surface area (Å²) in [7, 11) is 1.51. The van der Waals surface area contributed by atoms with Gasteiger partial charge in [-0.1, -0.05) is 46.3 Å². The van der Waals surface area contributed by atoms with E-state index in [0.29, 0.717) is 28.2 Å².